The summed E-state index contributed by atoms with van der Waals surface area (Å²) >= 11 is 0. The van der Waals surface area contributed by atoms with Crippen LogP contribution in [0.25, 0.3) is 0 Å². The molecule has 24 heteroatoms. The van der Waals surface area contributed by atoms with Crippen molar-refractivity contribution in [2.75, 3.05) is 46.2 Å². The Morgan fingerprint density at radius 2 is 1.16 bits per heavy atom. The first kappa shape index (κ1) is 64.0. The van der Waals surface area contributed by atoms with Gasteiger partial charge in [-0.3, -0.25) is 14.4 Å². The molecule has 3 saturated heterocycles. The summed E-state index contributed by atoms with van der Waals surface area (Å²) in [6.45, 7) is 6.10. The number of esters is 1. The van der Waals surface area contributed by atoms with Crippen LogP contribution in [-0.2, 0) is 47.5 Å². The monoisotopic (exact) mass is 1130 g/mol. The number of allylic oxidation sites excluding steroid dienone is 1. The topological polar surface area (TPSA) is 383 Å². The predicted octanol–water partition coefficient (Wildman–Crippen LogP) is -1.86. The predicted molar refractivity (Wildman–Crippen MR) is 275 cm³/mol. The molecular formula is C55H92N2O22. The second-order valence-corrected chi connectivity index (χ2v) is 24.8. The van der Waals surface area contributed by atoms with E-state index in [1.807, 2.05) is 0 Å². The molecule has 7 aliphatic rings. The van der Waals surface area contributed by atoms with Gasteiger partial charge in [0.05, 0.1) is 52.6 Å². The first-order valence-electron chi connectivity index (χ1n) is 28.6. The summed E-state index contributed by atoms with van der Waals surface area (Å²) in [7, 11) is 0. The minimum Gasteiger partial charge on any atom is -0.462 e. The summed E-state index contributed by atoms with van der Waals surface area (Å²) in [5, 5.41) is 130. The van der Waals surface area contributed by atoms with E-state index in [2.05, 4.69) is 51.3 Å². The molecule has 0 radical (unpaired) electrons. The fourth-order valence-corrected chi connectivity index (χ4v) is 14.4. The first-order valence-corrected chi connectivity index (χ1v) is 28.6. The van der Waals surface area contributed by atoms with Gasteiger partial charge in [0.25, 0.3) is 0 Å². The summed E-state index contributed by atoms with van der Waals surface area (Å²) in [5.41, 5.74) is -0.424. The lowest BCUT2D eigenvalue weighted by molar-refractivity contribution is -0.324. The minimum atomic E-state index is -2.19. The van der Waals surface area contributed by atoms with E-state index in [0.717, 1.165) is 30.6 Å². The molecule has 454 valence electrons. The molecule has 7 rings (SSSR count). The van der Waals surface area contributed by atoms with Crippen LogP contribution in [0.1, 0.15) is 118 Å². The van der Waals surface area contributed by atoms with Gasteiger partial charge >= 0.3 is 5.97 Å². The second kappa shape index (κ2) is 27.4. The average Bonchev–Trinajstić information content (AvgIpc) is 4.04. The molecule has 23 atom stereocenters. The Labute approximate surface area is 462 Å². The molecule has 3 aliphatic heterocycles. The number of fused-ring (bicyclic) bond motifs is 5. The van der Waals surface area contributed by atoms with Crippen molar-refractivity contribution < 1.29 is 109 Å². The Bertz CT molecular complexity index is 1930. The Balaban J connectivity index is 0.978. The summed E-state index contributed by atoms with van der Waals surface area (Å²) in [4.78, 5) is 40.5. The number of carbonyl (C=O) groups is 3. The van der Waals surface area contributed by atoms with E-state index < -0.39 is 162 Å². The summed E-state index contributed by atoms with van der Waals surface area (Å²) < 4.78 is 39.9. The van der Waals surface area contributed by atoms with Crippen LogP contribution >= 0.6 is 0 Å². The van der Waals surface area contributed by atoms with E-state index in [0.29, 0.717) is 36.0 Å². The number of aliphatic hydroxyl groups is 12. The van der Waals surface area contributed by atoms with Crippen LogP contribution in [0.4, 0.5) is 0 Å². The molecule has 2 amide bonds. The molecule has 0 aromatic rings. The third-order valence-electron chi connectivity index (χ3n) is 19.1. The standard InChI is InChI=1S/C55H92N2O22/c1-27(2)7-6-8-28(3)32-11-12-33-31-10-9-29-19-30(15-17-53(29,4)34(31)16-18-54(32,33)5)76-40(63)14-13-38(61)56-20-39(62)57-55(24-73-50-47(70)44(67)41(64)35(21-58)77-50,25-74-51-48(71)45(68)42(65)36(22-59)78-51)26-75-52-49(72)46(69)43(66)37(23-60)79-52/h9,27-28,30-37,41-52,58-60,64-72H,6-8,10-26H2,1-5H3,(H,56,61)(H,57,62)/t28-,30+,31+,32-,33+,34+,35-,36-,37-,41+,42+,43+,44+,45+,46+,47-,48-,49-,50-,51-,52-,53+,54-/m1/s1. The highest BCUT2D eigenvalue weighted by molar-refractivity contribution is 5.86. The van der Waals surface area contributed by atoms with Crippen molar-refractivity contribution in [1.82, 2.24) is 10.6 Å². The van der Waals surface area contributed by atoms with Crippen LogP contribution in [0.2, 0.25) is 0 Å². The van der Waals surface area contributed by atoms with E-state index in [4.69, 9.17) is 33.2 Å². The maximum atomic E-state index is 13.9. The third kappa shape index (κ3) is 14.3. The van der Waals surface area contributed by atoms with Gasteiger partial charge in [0.1, 0.15) is 84.9 Å². The van der Waals surface area contributed by atoms with Gasteiger partial charge in [-0.05, 0) is 91.3 Å². The van der Waals surface area contributed by atoms with Gasteiger partial charge in [0.15, 0.2) is 18.9 Å². The lowest BCUT2D eigenvalue weighted by Crippen LogP contribution is -2.66. The van der Waals surface area contributed by atoms with Crippen LogP contribution in [-0.4, -0.2) is 229 Å². The largest absolute Gasteiger partial charge is 0.462 e. The molecule has 0 aromatic carbocycles. The highest BCUT2D eigenvalue weighted by Gasteiger charge is 2.59. The zero-order valence-electron chi connectivity index (χ0n) is 46.4. The molecule has 3 heterocycles. The van der Waals surface area contributed by atoms with Crippen molar-refractivity contribution in [3.05, 3.63) is 11.6 Å². The van der Waals surface area contributed by atoms with E-state index in [9.17, 15) is 75.7 Å². The highest BCUT2D eigenvalue weighted by atomic mass is 16.7. The van der Waals surface area contributed by atoms with Gasteiger partial charge in [-0.2, -0.15) is 0 Å². The maximum Gasteiger partial charge on any atom is 0.306 e. The normalized spacial score (nSPS) is 41.8. The molecule has 14 N–H and O–H groups in total. The van der Waals surface area contributed by atoms with Gasteiger partial charge in [-0.15, -0.1) is 0 Å². The maximum absolute atomic E-state index is 13.9. The Hall–Kier alpha value is -2.57. The van der Waals surface area contributed by atoms with Crippen LogP contribution in [0.3, 0.4) is 0 Å². The van der Waals surface area contributed by atoms with Crippen molar-refractivity contribution >= 4 is 17.8 Å². The van der Waals surface area contributed by atoms with Crippen molar-refractivity contribution in [3.63, 3.8) is 0 Å². The summed E-state index contributed by atoms with van der Waals surface area (Å²) in [6.07, 6.45) is -13.3. The summed E-state index contributed by atoms with van der Waals surface area (Å²) in [6, 6.07) is 0. The Morgan fingerprint density at radius 3 is 1.66 bits per heavy atom. The smallest absolute Gasteiger partial charge is 0.306 e. The molecule has 0 aromatic heterocycles. The number of hydrogen-bond acceptors (Lipinski definition) is 22. The molecule has 3 saturated carbocycles. The lowest BCUT2D eigenvalue weighted by atomic mass is 9.47. The molecule has 0 bridgehead atoms. The van der Waals surface area contributed by atoms with E-state index in [1.165, 1.54) is 50.5 Å². The Kier molecular flexibility index (Phi) is 22.2. The molecule has 4 aliphatic carbocycles. The van der Waals surface area contributed by atoms with Gasteiger partial charge in [-0.1, -0.05) is 65.5 Å². The van der Waals surface area contributed by atoms with Gasteiger partial charge in [-0.25, -0.2) is 0 Å². The van der Waals surface area contributed by atoms with Crippen molar-refractivity contribution in [2.45, 2.75) is 222 Å². The fourth-order valence-electron chi connectivity index (χ4n) is 14.4. The summed E-state index contributed by atoms with van der Waals surface area (Å²) in [5.74, 6) is 1.88. The second-order valence-electron chi connectivity index (χ2n) is 24.8. The molecule has 0 unspecified atom stereocenters. The van der Waals surface area contributed by atoms with E-state index >= 15 is 0 Å². The molecule has 6 fully saturated rings. The Morgan fingerprint density at radius 1 is 0.646 bits per heavy atom. The number of rotatable bonds is 24. The number of nitrogens with one attached hydrogen (secondary N) is 2. The molecule has 0 spiro atoms. The first-order chi connectivity index (χ1) is 37.4. The van der Waals surface area contributed by atoms with Gasteiger partial charge in [0.2, 0.25) is 11.8 Å². The van der Waals surface area contributed by atoms with Crippen LogP contribution in [0.5, 0.6) is 0 Å². The fraction of sp³-hybridized carbons (Fsp3) is 0.909. The SMILES string of the molecule is CC(C)CCC[C@@H](C)[C@H]1CC[C@H]2[C@@H]3CC=C4C[C@@H](OC(=O)CCC(=O)NCC(=O)NC(CO[C@@H]5O[C@H](CO)[C@H](O)[C@H](O)[C@H]5O)(CO[C@@H]5O[C@H](CO)[C@H](O)[C@H](O)[C@H]5O)CO[C@@H]5O[C@H](CO)[C@H](O)[C@H](O)[C@H]5O)CC[C@]4(C)[C@H]3CC[C@]12C. The van der Waals surface area contributed by atoms with Crippen LogP contribution in [0.15, 0.2) is 11.6 Å². The molecular weight excluding hydrogens is 1040 g/mol. The van der Waals surface area contributed by atoms with Gasteiger partial charge < -0.3 is 105 Å². The highest BCUT2D eigenvalue weighted by Crippen LogP contribution is 2.67. The van der Waals surface area contributed by atoms with E-state index in [-0.39, 0.29) is 24.4 Å². The minimum absolute atomic E-state index is 0.0381. The average molecular weight is 1130 g/mol. The number of aliphatic hydroxyl groups excluding tert-OH is 12. The third-order valence-corrected chi connectivity index (χ3v) is 19.1. The zero-order chi connectivity index (χ0) is 57.7. The number of hydrogen-bond donors (Lipinski definition) is 14. The number of amides is 2. The van der Waals surface area contributed by atoms with Crippen LogP contribution < -0.4 is 10.6 Å². The molecule has 24 nitrogen and oxygen atoms in total. The van der Waals surface area contributed by atoms with Crippen LogP contribution in [0, 0.1) is 46.3 Å². The zero-order valence-corrected chi connectivity index (χ0v) is 46.4. The van der Waals surface area contributed by atoms with Crippen molar-refractivity contribution in [3.8, 4) is 0 Å². The van der Waals surface area contributed by atoms with Crippen molar-refractivity contribution in [1.29, 1.82) is 0 Å². The van der Waals surface area contributed by atoms with Crippen molar-refractivity contribution in [2.24, 2.45) is 46.3 Å². The van der Waals surface area contributed by atoms with E-state index in [1.54, 1.807) is 0 Å². The number of ether oxygens (including phenoxy) is 7. The quantitative estimate of drug-likeness (QED) is 0.0372. The lowest BCUT2D eigenvalue weighted by Gasteiger charge is -2.58. The van der Waals surface area contributed by atoms with Gasteiger partial charge in [0, 0.05) is 12.8 Å². The molecule has 79 heavy (non-hydrogen) atoms. The number of carbonyl (C=O) groups excluding carboxylic acids is 3.